The number of rotatable bonds is 2. The molecule has 0 spiro atoms. The third-order valence-electron chi connectivity index (χ3n) is 6.02. The van der Waals surface area contributed by atoms with Crippen molar-refractivity contribution in [1.82, 2.24) is 0 Å². The summed E-state index contributed by atoms with van der Waals surface area (Å²) in [6.07, 6.45) is 10.9. The molecule has 0 aromatic rings. The highest BCUT2D eigenvalue weighted by atomic mass is 14.8. The van der Waals surface area contributed by atoms with Crippen LogP contribution in [0.15, 0.2) is 0 Å². The van der Waals surface area contributed by atoms with Gasteiger partial charge in [0.2, 0.25) is 0 Å². The zero-order valence-electron chi connectivity index (χ0n) is 12.0. The molecular formula is C16H31N. The molecule has 1 nitrogen and oxygen atoms in total. The first-order valence-electron chi connectivity index (χ1n) is 7.86. The van der Waals surface area contributed by atoms with E-state index in [-0.39, 0.29) is 5.54 Å². The summed E-state index contributed by atoms with van der Waals surface area (Å²) in [6, 6.07) is 0. The highest BCUT2D eigenvalue weighted by Crippen LogP contribution is 2.46. The van der Waals surface area contributed by atoms with Gasteiger partial charge in [0.15, 0.2) is 0 Å². The summed E-state index contributed by atoms with van der Waals surface area (Å²) in [5, 5.41) is 0. The second kappa shape index (κ2) is 5.30. The third-order valence-corrected chi connectivity index (χ3v) is 6.02. The Labute approximate surface area is 108 Å². The molecule has 2 rings (SSSR count). The number of hydrogen-bond acceptors (Lipinski definition) is 1. The van der Waals surface area contributed by atoms with E-state index in [2.05, 4.69) is 20.8 Å². The van der Waals surface area contributed by atoms with E-state index in [1.54, 1.807) is 0 Å². The van der Waals surface area contributed by atoms with E-state index in [0.717, 1.165) is 23.7 Å². The zero-order chi connectivity index (χ0) is 12.5. The Morgan fingerprint density at radius 1 is 1.06 bits per heavy atom. The van der Waals surface area contributed by atoms with Crippen molar-refractivity contribution in [3.63, 3.8) is 0 Å². The van der Waals surface area contributed by atoms with Gasteiger partial charge >= 0.3 is 0 Å². The van der Waals surface area contributed by atoms with Crippen LogP contribution < -0.4 is 5.73 Å². The van der Waals surface area contributed by atoms with Crippen molar-refractivity contribution in [2.75, 3.05) is 0 Å². The van der Waals surface area contributed by atoms with Gasteiger partial charge < -0.3 is 5.73 Å². The molecule has 0 aliphatic heterocycles. The summed E-state index contributed by atoms with van der Waals surface area (Å²) < 4.78 is 0. The molecule has 2 saturated carbocycles. The van der Waals surface area contributed by atoms with E-state index in [9.17, 15) is 0 Å². The molecule has 0 heterocycles. The summed E-state index contributed by atoms with van der Waals surface area (Å²) in [4.78, 5) is 0. The molecule has 17 heavy (non-hydrogen) atoms. The van der Waals surface area contributed by atoms with Crippen LogP contribution in [0.5, 0.6) is 0 Å². The van der Waals surface area contributed by atoms with Crippen LogP contribution in [0.3, 0.4) is 0 Å². The van der Waals surface area contributed by atoms with Crippen molar-refractivity contribution in [2.24, 2.45) is 29.4 Å². The zero-order valence-corrected chi connectivity index (χ0v) is 12.0. The van der Waals surface area contributed by atoms with Crippen LogP contribution in [0, 0.1) is 23.7 Å². The third kappa shape index (κ3) is 2.54. The Bertz CT molecular complexity index is 250. The lowest BCUT2D eigenvalue weighted by atomic mass is 9.59. The average Bonchev–Trinajstić information content (AvgIpc) is 2.33. The van der Waals surface area contributed by atoms with E-state index in [4.69, 9.17) is 5.73 Å². The Kier molecular flexibility index (Phi) is 4.18. The Morgan fingerprint density at radius 2 is 1.82 bits per heavy atom. The van der Waals surface area contributed by atoms with Crippen molar-refractivity contribution in [1.29, 1.82) is 0 Å². The normalized spacial score (nSPS) is 48.0. The molecule has 0 aromatic heterocycles. The van der Waals surface area contributed by atoms with Gasteiger partial charge in [-0.05, 0) is 49.4 Å². The predicted molar refractivity (Wildman–Crippen MR) is 74.8 cm³/mol. The van der Waals surface area contributed by atoms with Crippen LogP contribution in [0.1, 0.15) is 72.1 Å². The van der Waals surface area contributed by atoms with Crippen LogP contribution in [0.2, 0.25) is 0 Å². The van der Waals surface area contributed by atoms with Gasteiger partial charge in [-0.15, -0.1) is 0 Å². The predicted octanol–water partition coefficient (Wildman–Crippen LogP) is 4.36. The Hall–Kier alpha value is -0.0400. The second-order valence-electron chi connectivity index (χ2n) is 6.93. The van der Waals surface area contributed by atoms with Gasteiger partial charge in [-0.2, -0.15) is 0 Å². The highest BCUT2D eigenvalue weighted by molar-refractivity contribution is 5.00. The fourth-order valence-corrected chi connectivity index (χ4v) is 4.45. The molecular weight excluding hydrogens is 206 g/mol. The quantitative estimate of drug-likeness (QED) is 0.759. The van der Waals surface area contributed by atoms with Gasteiger partial charge in [0.05, 0.1) is 0 Å². The average molecular weight is 237 g/mol. The number of nitrogens with two attached hydrogens (primary N) is 1. The van der Waals surface area contributed by atoms with Crippen LogP contribution in [0.4, 0.5) is 0 Å². The summed E-state index contributed by atoms with van der Waals surface area (Å²) in [7, 11) is 0. The molecule has 2 N–H and O–H groups in total. The molecule has 0 amide bonds. The SMILES string of the molecule is CCC1CCCCC1(N)C1CCC(C)C(C)C1. The number of hydrogen-bond donors (Lipinski definition) is 1. The molecule has 5 atom stereocenters. The Morgan fingerprint density at radius 3 is 2.47 bits per heavy atom. The summed E-state index contributed by atoms with van der Waals surface area (Å²) >= 11 is 0. The monoisotopic (exact) mass is 237 g/mol. The molecule has 2 fully saturated rings. The van der Waals surface area contributed by atoms with Gasteiger partial charge in [0, 0.05) is 5.54 Å². The molecule has 2 aliphatic rings. The first-order chi connectivity index (χ1) is 8.08. The smallest absolute Gasteiger partial charge is 0.0211 e. The van der Waals surface area contributed by atoms with Crippen molar-refractivity contribution in [3.05, 3.63) is 0 Å². The van der Waals surface area contributed by atoms with Crippen LogP contribution >= 0.6 is 0 Å². The molecule has 0 bridgehead atoms. The van der Waals surface area contributed by atoms with Gasteiger partial charge in [-0.25, -0.2) is 0 Å². The summed E-state index contributed by atoms with van der Waals surface area (Å²) in [5.41, 5.74) is 7.08. The molecule has 100 valence electrons. The Balaban J connectivity index is 2.08. The first-order valence-corrected chi connectivity index (χ1v) is 7.86. The van der Waals surface area contributed by atoms with Crippen molar-refractivity contribution >= 4 is 0 Å². The molecule has 5 unspecified atom stereocenters. The minimum atomic E-state index is 0.182. The van der Waals surface area contributed by atoms with Gasteiger partial charge in [-0.1, -0.05) is 46.5 Å². The minimum Gasteiger partial charge on any atom is -0.325 e. The lowest BCUT2D eigenvalue weighted by Gasteiger charge is -2.50. The van der Waals surface area contributed by atoms with Crippen LogP contribution in [-0.4, -0.2) is 5.54 Å². The standard InChI is InChI=1S/C16H31N/c1-4-14-7-5-6-10-16(14,17)15-9-8-12(2)13(3)11-15/h12-15H,4-11,17H2,1-3H3. The van der Waals surface area contributed by atoms with Crippen molar-refractivity contribution < 1.29 is 0 Å². The van der Waals surface area contributed by atoms with E-state index in [1.165, 1.54) is 51.4 Å². The summed E-state index contributed by atoms with van der Waals surface area (Å²) in [5.74, 6) is 3.40. The van der Waals surface area contributed by atoms with Crippen LogP contribution in [-0.2, 0) is 0 Å². The highest BCUT2D eigenvalue weighted by Gasteiger charge is 2.44. The van der Waals surface area contributed by atoms with E-state index in [1.807, 2.05) is 0 Å². The fourth-order valence-electron chi connectivity index (χ4n) is 4.45. The van der Waals surface area contributed by atoms with E-state index < -0.39 is 0 Å². The van der Waals surface area contributed by atoms with E-state index >= 15 is 0 Å². The van der Waals surface area contributed by atoms with Gasteiger partial charge in [0.1, 0.15) is 0 Å². The largest absolute Gasteiger partial charge is 0.325 e. The van der Waals surface area contributed by atoms with Crippen molar-refractivity contribution in [3.8, 4) is 0 Å². The fraction of sp³-hybridized carbons (Fsp3) is 1.00. The summed E-state index contributed by atoms with van der Waals surface area (Å²) in [6.45, 7) is 7.19. The van der Waals surface area contributed by atoms with Crippen molar-refractivity contribution in [2.45, 2.75) is 77.7 Å². The van der Waals surface area contributed by atoms with Crippen LogP contribution in [0.25, 0.3) is 0 Å². The molecule has 0 aromatic carbocycles. The van der Waals surface area contributed by atoms with Gasteiger partial charge in [-0.3, -0.25) is 0 Å². The lowest BCUT2D eigenvalue weighted by molar-refractivity contribution is 0.0572. The van der Waals surface area contributed by atoms with E-state index in [0.29, 0.717) is 0 Å². The molecule has 0 radical (unpaired) electrons. The maximum atomic E-state index is 6.90. The molecule has 0 saturated heterocycles. The first kappa shape index (κ1) is 13.4. The molecule has 1 heteroatoms. The topological polar surface area (TPSA) is 26.0 Å². The maximum Gasteiger partial charge on any atom is 0.0211 e. The van der Waals surface area contributed by atoms with Gasteiger partial charge in [0.25, 0.3) is 0 Å². The lowest BCUT2D eigenvalue weighted by Crippen LogP contribution is -2.56. The maximum absolute atomic E-state index is 6.90. The molecule has 2 aliphatic carbocycles. The second-order valence-corrected chi connectivity index (χ2v) is 6.93. The minimum absolute atomic E-state index is 0.182.